The third kappa shape index (κ3) is 8.69. The first-order chi connectivity index (χ1) is 19.7. The van der Waals surface area contributed by atoms with Crippen LogP contribution in [0.4, 0.5) is 10.1 Å². The number of sulfonamides is 1. The second-order valence-corrected chi connectivity index (χ2v) is 12.8. The smallest absolute Gasteiger partial charge is 0.244 e. The van der Waals surface area contributed by atoms with E-state index in [4.69, 9.17) is 9.47 Å². The Morgan fingerprint density at radius 2 is 1.55 bits per heavy atom. The zero-order valence-corrected chi connectivity index (χ0v) is 25.6. The SMILES string of the molecule is COc1ccc(N(CC(=O)N(Cc2ccccc2F)C(Cc2ccccc2)C(=O)NC(C)(C)C)S(C)(=O)=O)cc1OC. The number of methoxy groups -OCH3 is 2. The summed E-state index contributed by atoms with van der Waals surface area (Å²) in [7, 11) is -1.13. The maximum atomic E-state index is 14.9. The van der Waals surface area contributed by atoms with E-state index in [1.807, 2.05) is 51.1 Å². The summed E-state index contributed by atoms with van der Waals surface area (Å²) < 4.78 is 52.4. The summed E-state index contributed by atoms with van der Waals surface area (Å²) in [5, 5.41) is 2.93. The molecule has 0 aliphatic rings. The van der Waals surface area contributed by atoms with Crippen LogP contribution in [0.15, 0.2) is 72.8 Å². The van der Waals surface area contributed by atoms with E-state index in [9.17, 15) is 22.4 Å². The molecule has 2 amide bonds. The van der Waals surface area contributed by atoms with Gasteiger partial charge in [0.1, 0.15) is 18.4 Å². The van der Waals surface area contributed by atoms with E-state index >= 15 is 0 Å². The summed E-state index contributed by atoms with van der Waals surface area (Å²) in [5.41, 5.74) is 0.493. The van der Waals surface area contributed by atoms with E-state index in [1.165, 1.54) is 55.5 Å². The van der Waals surface area contributed by atoms with E-state index in [0.717, 1.165) is 16.1 Å². The van der Waals surface area contributed by atoms with Crippen LogP contribution in [0.3, 0.4) is 0 Å². The van der Waals surface area contributed by atoms with Crippen LogP contribution in [-0.4, -0.2) is 63.7 Å². The van der Waals surface area contributed by atoms with Gasteiger partial charge in [-0.25, -0.2) is 12.8 Å². The topological polar surface area (TPSA) is 105 Å². The zero-order chi connectivity index (χ0) is 31.1. The molecule has 0 spiro atoms. The predicted molar refractivity (Wildman–Crippen MR) is 161 cm³/mol. The molecule has 0 saturated heterocycles. The number of rotatable bonds is 12. The minimum absolute atomic E-state index is 0.123. The van der Waals surface area contributed by atoms with Crippen molar-refractivity contribution in [2.45, 2.75) is 45.3 Å². The lowest BCUT2D eigenvalue weighted by Gasteiger charge is -2.35. The Labute approximate surface area is 247 Å². The van der Waals surface area contributed by atoms with Gasteiger partial charge in [0, 0.05) is 30.1 Å². The Bertz CT molecular complexity index is 1490. The standard InChI is InChI=1S/C31H38FN3O6S/c1-31(2,3)33-30(37)26(18-22-12-8-7-9-13-22)34(20-23-14-10-11-15-25(23)32)29(36)21-35(42(6,38)39)24-16-17-27(40-4)28(19-24)41-5/h7-17,19,26H,18,20-21H2,1-6H3,(H,33,37). The molecule has 3 aromatic rings. The highest BCUT2D eigenvalue weighted by atomic mass is 32.2. The molecule has 0 bridgehead atoms. The summed E-state index contributed by atoms with van der Waals surface area (Å²) in [6, 6.07) is 18.5. The van der Waals surface area contributed by atoms with Gasteiger partial charge in [-0.1, -0.05) is 48.5 Å². The molecule has 1 unspecified atom stereocenters. The van der Waals surface area contributed by atoms with E-state index in [1.54, 1.807) is 6.07 Å². The van der Waals surface area contributed by atoms with Gasteiger partial charge < -0.3 is 19.7 Å². The number of ether oxygens (including phenoxy) is 2. The Kier molecular flexibility index (Phi) is 10.6. The molecule has 0 heterocycles. The Hall–Kier alpha value is -4.12. The van der Waals surface area contributed by atoms with Gasteiger partial charge in [-0.2, -0.15) is 0 Å². The molecular formula is C31H38FN3O6S. The highest BCUT2D eigenvalue weighted by Gasteiger charge is 2.35. The number of anilines is 1. The molecule has 11 heteroatoms. The molecule has 226 valence electrons. The van der Waals surface area contributed by atoms with Crippen molar-refractivity contribution in [3.05, 3.63) is 89.7 Å². The molecule has 0 aromatic heterocycles. The van der Waals surface area contributed by atoms with Gasteiger partial charge in [0.05, 0.1) is 26.2 Å². The first kappa shape index (κ1) is 32.4. The van der Waals surface area contributed by atoms with Crippen molar-refractivity contribution in [3.63, 3.8) is 0 Å². The number of hydrogen-bond acceptors (Lipinski definition) is 6. The maximum Gasteiger partial charge on any atom is 0.244 e. The lowest BCUT2D eigenvalue weighted by atomic mass is 10.0. The largest absolute Gasteiger partial charge is 0.493 e. The van der Waals surface area contributed by atoms with Gasteiger partial charge in [0.25, 0.3) is 0 Å². The average molecular weight is 600 g/mol. The van der Waals surface area contributed by atoms with Gasteiger partial charge in [-0.15, -0.1) is 0 Å². The molecule has 1 N–H and O–H groups in total. The summed E-state index contributed by atoms with van der Waals surface area (Å²) >= 11 is 0. The molecule has 1 atom stereocenters. The minimum atomic E-state index is -3.99. The van der Waals surface area contributed by atoms with Gasteiger partial charge in [0.15, 0.2) is 11.5 Å². The van der Waals surface area contributed by atoms with Crippen molar-refractivity contribution in [1.82, 2.24) is 10.2 Å². The number of benzene rings is 3. The first-order valence-electron chi connectivity index (χ1n) is 13.3. The summed E-state index contributed by atoms with van der Waals surface area (Å²) in [5.74, 6) is -1.05. The Morgan fingerprint density at radius 3 is 2.12 bits per heavy atom. The van der Waals surface area contributed by atoms with E-state index in [0.29, 0.717) is 5.75 Å². The number of hydrogen-bond donors (Lipinski definition) is 1. The third-order valence-corrected chi connectivity index (χ3v) is 7.54. The molecule has 0 aliphatic carbocycles. The number of amides is 2. The van der Waals surface area contributed by atoms with Crippen molar-refractivity contribution in [3.8, 4) is 11.5 Å². The lowest BCUT2D eigenvalue weighted by Crippen LogP contribution is -2.56. The summed E-state index contributed by atoms with van der Waals surface area (Å²) in [6.07, 6.45) is 1.10. The fourth-order valence-electron chi connectivity index (χ4n) is 4.41. The van der Waals surface area contributed by atoms with Gasteiger partial charge in [0.2, 0.25) is 21.8 Å². The van der Waals surface area contributed by atoms with Crippen LogP contribution in [-0.2, 0) is 32.6 Å². The van der Waals surface area contributed by atoms with Crippen molar-refractivity contribution < 1.29 is 31.9 Å². The van der Waals surface area contributed by atoms with Crippen molar-refractivity contribution in [2.75, 3.05) is 31.3 Å². The Morgan fingerprint density at radius 1 is 0.929 bits per heavy atom. The monoisotopic (exact) mass is 599 g/mol. The first-order valence-corrected chi connectivity index (χ1v) is 15.2. The van der Waals surface area contributed by atoms with E-state index < -0.39 is 45.8 Å². The summed E-state index contributed by atoms with van der Waals surface area (Å²) in [6.45, 7) is 4.54. The lowest BCUT2D eigenvalue weighted by molar-refractivity contribution is -0.140. The number of carbonyl (C=O) groups is 2. The molecule has 3 rings (SSSR count). The number of nitrogens with zero attached hydrogens (tertiary/aromatic N) is 2. The van der Waals surface area contributed by atoms with E-state index in [-0.39, 0.29) is 30.0 Å². The molecule has 0 aliphatic heterocycles. The minimum Gasteiger partial charge on any atom is -0.493 e. The van der Waals surface area contributed by atoms with Crippen LogP contribution >= 0.6 is 0 Å². The molecule has 9 nitrogen and oxygen atoms in total. The van der Waals surface area contributed by atoms with E-state index in [2.05, 4.69) is 5.32 Å². The Balaban J connectivity index is 2.11. The third-order valence-electron chi connectivity index (χ3n) is 6.40. The van der Waals surface area contributed by atoms with Crippen molar-refractivity contribution in [2.24, 2.45) is 0 Å². The summed E-state index contributed by atoms with van der Waals surface area (Å²) in [4.78, 5) is 29.1. The number of halogens is 1. The van der Waals surface area contributed by atoms with Crippen LogP contribution in [0.2, 0.25) is 0 Å². The van der Waals surface area contributed by atoms with Gasteiger partial charge in [-0.3, -0.25) is 13.9 Å². The van der Waals surface area contributed by atoms with Crippen LogP contribution in [0.25, 0.3) is 0 Å². The predicted octanol–water partition coefficient (Wildman–Crippen LogP) is 4.16. The molecule has 42 heavy (non-hydrogen) atoms. The highest BCUT2D eigenvalue weighted by Crippen LogP contribution is 2.32. The molecular weight excluding hydrogens is 561 g/mol. The quantitative estimate of drug-likeness (QED) is 0.335. The van der Waals surface area contributed by atoms with Crippen LogP contribution in [0.1, 0.15) is 31.9 Å². The number of carbonyl (C=O) groups excluding carboxylic acids is 2. The highest BCUT2D eigenvalue weighted by molar-refractivity contribution is 7.92. The van der Waals surface area contributed by atoms with Crippen LogP contribution < -0.4 is 19.1 Å². The molecule has 0 radical (unpaired) electrons. The van der Waals surface area contributed by atoms with Crippen molar-refractivity contribution >= 4 is 27.5 Å². The van der Waals surface area contributed by atoms with Gasteiger partial charge in [-0.05, 0) is 44.5 Å². The zero-order valence-electron chi connectivity index (χ0n) is 24.8. The second-order valence-electron chi connectivity index (χ2n) is 10.9. The fourth-order valence-corrected chi connectivity index (χ4v) is 5.25. The maximum absolute atomic E-state index is 14.9. The second kappa shape index (κ2) is 13.7. The van der Waals surface area contributed by atoms with Crippen molar-refractivity contribution in [1.29, 1.82) is 0 Å². The fraction of sp³-hybridized carbons (Fsp3) is 0.355. The molecule has 0 fully saturated rings. The van der Waals surface area contributed by atoms with Crippen LogP contribution in [0.5, 0.6) is 11.5 Å². The van der Waals surface area contributed by atoms with Crippen LogP contribution in [0, 0.1) is 5.82 Å². The van der Waals surface area contributed by atoms with Gasteiger partial charge >= 0.3 is 0 Å². The molecule has 3 aromatic carbocycles. The molecule has 0 saturated carbocycles. The normalized spacial score (nSPS) is 12.3. The number of nitrogens with one attached hydrogen (secondary N) is 1. The average Bonchev–Trinajstić information content (AvgIpc) is 2.93.